The number of rotatable bonds is 7. The van der Waals surface area contributed by atoms with Gasteiger partial charge in [-0.15, -0.1) is 0 Å². The molecule has 8 heteroatoms. The van der Waals surface area contributed by atoms with Gasteiger partial charge in [0, 0.05) is 41.7 Å². The number of H-pyrrole nitrogens is 1. The van der Waals surface area contributed by atoms with Crippen LogP contribution in [-0.4, -0.2) is 35.7 Å². The molecule has 2 aliphatic carbocycles. The van der Waals surface area contributed by atoms with E-state index in [1.54, 1.807) is 0 Å². The lowest BCUT2D eigenvalue weighted by Gasteiger charge is -2.42. The van der Waals surface area contributed by atoms with Gasteiger partial charge in [-0.3, -0.25) is 9.48 Å². The van der Waals surface area contributed by atoms with E-state index in [0.29, 0.717) is 16.6 Å². The number of hydrogen-bond donors (Lipinski definition) is 1. The van der Waals surface area contributed by atoms with Crippen molar-refractivity contribution in [1.29, 1.82) is 5.26 Å². The molecule has 0 amide bonds. The van der Waals surface area contributed by atoms with Crippen LogP contribution in [0.15, 0.2) is 24.4 Å². The highest BCUT2D eigenvalue weighted by Crippen LogP contribution is 2.57. The molecule has 0 aliphatic heterocycles. The number of aryl methyl sites for hydroxylation is 2. The molecule has 7 nitrogen and oxygen atoms in total. The fourth-order valence-electron chi connectivity index (χ4n) is 7.98. The number of aromatic amines is 1. The number of aromatic nitrogens is 3. The van der Waals surface area contributed by atoms with Crippen molar-refractivity contribution >= 4 is 25.2 Å². The van der Waals surface area contributed by atoms with Gasteiger partial charge in [0.15, 0.2) is 0 Å². The first-order valence-electron chi connectivity index (χ1n) is 14.5. The van der Waals surface area contributed by atoms with Gasteiger partial charge in [-0.05, 0) is 65.7 Å². The molecule has 0 saturated carbocycles. The number of nitriles is 1. The van der Waals surface area contributed by atoms with Gasteiger partial charge in [0.05, 0.1) is 24.3 Å². The number of nitrogens with one attached hydrogen (secondary N) is 1. The Balaban J connectivity index is 1.70. The Morgan fingerprint density at radius 2 is 1.90 bits per heavy atom. The molecule has 208 valence electrons. The Morgan fingerprint density at radius 3 is 2.51 bits per heavy atom. The van der Waals surface area contributed by atoms with Crippen LogP contribution in [0.2, 0.25) is 16.6 Å². The van der Waals surface area contributed by atoms with Crippen LogP contribution in [-0.2, 0) is 23.0 Å². The zero-order valence-electron chi connectivity index (χ0n) is 24.5. The lowest BCUT2D eigenvalue weighted by atomic mass is 9.60. The highest BCUT2D eigenvalue weighted by molar-refractivity contribution is 6.78. The number of ether oxygens (including phenoxy) is 1. The highest BCUT2D eigenvalue weighted by Gasteiger charge is 2.52. The van der Waals surface area contributed by atoms with Crippen LogP contribution in [0.5, 0.6) is 5.75 Å². The maximum atomic E-state index is 13.6. The Morgan fingerprint density at radius 1 is 1.21 bits per heavy atom. The monoisotopic (exact) mass is 546 g/mol. The molecule has 1 N–H and O–H groups in total. The number of carbonyl (C=O) groups excluding carboxylic acids is 1. The zero-order valence-corrected chi connectivity index (χ0v) is 25.5. The lowest BCUT2D eigenvalue weighted by molar-refractivity contribution is -0.146. The Kier molecular flexibility index (Phi) is 7.17. The predicted octanol–water partition coefficient (Wildman–Crippen LogP) is 7.07. The molecule has 39 heavy (non-hydrogen) atoms. The van der Waals surface area contributed by atoms with E-state index in [1.165, 1.54) is 0 Å². The maximum absolute atomic E-state index is 13.6. The summed E-state index contributed by atoms with van der Waals surface area (Å²) in [6.07, 6.45) is 3.77. The molecule has 0 saturated heterocycles. The van der Waals surface area contributed by atoms with Crippen LogP contribution in [0.3, 0.4) is 0 Å². The van der Waals surface area contributed by atoms with Crippen LogP contribution < -0.4 is 4.43 Å². The summed E-state index contributed by atoms with van der Waals surface area (Å²) in [5, 5.41) is 16.2. The molecule has 0 fully saturated rings. The number of benzene rings is 1. The first-order chi connectivity index (χ1) is 18.5. The molecule has 2 aromatic heterocycles. The first kappa shape index (κ1) is 27.5. The Labute approximate surface area is 233 Å². The van der Waals surface area contributed by atoms with Crippen LogP contribution >= 0.6 is 0 Å². The van der Waals surface area contributed by atoms with Gasteiger partial charge in [0.2, 0.25) is 0 Å². The maximum Gasteiger partial charge on any atom is 0.314 e. The summed E-state index contributed by atoms with van der Waals surface area (Å²) < 4.78 is 14.5. The largest absolute Gasteiger partial charge is 0.543 e. The fraction of sp³-hybridized carbons (Fsp3) is 0.581. The smallest absolute Gasteiger partial charge is 0.314 e. The Hall–Kier alpha value is -3.05. The minimum absolute atomic E-state index is 0.110. The van der Waals surface area contributed by atoms with Crippen molar-refractivity contribution < 1.29 is 14.0 Å². The van der Waals surface area contributed by atoms with E-state index in [4.69, 9.17) is 9.16 Å². The van der Waals surface area contributed by atoms with Crippen molar-refractivity contribution in [3.05, 3.63) is 46.9 Å². The lowest BCUT2D eigenvalue weighted by Crippen LogP contribution is -2.50. The molecule has 0 bridgehead atoms. The van der Waals surface area contributed by atoms with Crippen molar-refractivity contribution in [2.24, 2.45) is 13.0 Å². The molecule has 5 rings (SSSR count). The summed E-state index contributed by atoms with van der Waals surface area (Å²) in [6, 6.07) is 8.82. The van der Waals surface area contributed by atoms with Gasteiger partial charge < -0.3 is 14.1 Å². The average Bonchev–Trinajstić information content (AvgIpc) is 3.45. The summed E-state index contributed by atoms with van der Waals surface area (Å²) in [5.74, 6) is -0.696. The van der Waals surface area contributed by atoms with E-state index >= 15 is 0 Å². The number of nitrogens with zero attached hydrogens (tertiary/aromatic N) is 3. The van der Waals surface area contributed by atoms with Gasteiger partial charge in [-0.2, -0.15) is 10.4 Å². The van der Waals surface area contributed by atoms with E-state index in [2.05, 4.69) is 75.9 Å². The van der Waals surface area contributed by atoms with Gasteiger partial charge in [-0.1, -0.05) is 41.5 Å². The van der Waals surface area contributed by atoms with E-state index in [0.717, 1.165) is 52.0 Å². The van der Waals surface area contributed by atoms with Gasteiger partial charge in [-0.25, -0.2) is 0 Å². The second-order valence-electron chi connectivity index (χ2n) is 12.3. The molecule has 4 atom stereocenters. The molecule has 1 aromatic carbocycles. The number of esters is 1. The van der Waals surface area contributed by atoms with Gasteiger partial charge in [0.25, 0.3) is 8.32 Å². The normalized spacial score (nSPS) is 22.5. The van der Waals surface area contributed by atoms with Crippen LogP contribution in [0.4, 0.5) is 0 Å². The molecule has 2 aliphatic rings. The highest BCUT2D eigenvalue weighted by atomic mass is 28.4. The van der Waals surface area contributed by atoms with Crippen molar-refractivity contribution in [3.63, 3.8) is 0 Å². The van der Waals surface area contributed by atoms with Crippen molar-refractivity contribution in [1.82, 2.24) is 14.8 Å². The van der Waals surface area contributed by atoms with Crippen molar-refractivity contribution in [3.8, 4) is 11.8 Å². The summed E-state index contributed by atoms with van der Waals surface area (Å²) in [7, 11) is -0.250. The second-order valence-corrected chi connectivity index (χ2v) is 17.7. The van der Waals surface area contributed by atoms with Crippen molar-refractivity contribution in [2.45, 2.75) is 95.7 Å². The van der Waals surface area contributed by atoms with E-state index < -0.39 is 20.2 Å². The predicted molar refractivity (Wildman–Crippen MR) is 155 cm³/mol. The third-order valence-electron chi connectivity index (χ3n) is 9.38. The average molecular weight is 547 g/mol. The van der Waals surface area contributed by atoms with Gasteiger partial charge in [0.1, 0.15) is 11.7 Å². The topological polar surface area (TPSA) is 92.9 Å². The molecular weight excluding hydrogens is 504 g/mol. The van der Waals surface area contributed by atoms with Crippen molar-refractivity contribution in [2.75, 3.05) is 6.61 Å². The molecular formula is C31H42N4O3Si. The van der Waals surface area contributed by atoms with E-state index in [-0.39, 0.29) is 24.4 Å². The molecule has 2 heterocycles. The fourth-order valence-corrected chi connectivity index (χ4v) is 13.2. The van der Waals surface area contributed by atoms with Crippen LogP contribution in [0, 0.1) is 17.2 Å². The molecule has 4 unspecified atom stereocenters. The number of fused-ring (bicyclic) bond motifs is 7. The molecule has 3 aromatic rings. The minimum Gasteiger partial charge on any atom is -0.543 e. The SMILES string of the molecule is CCOC(=O)C1c2c([nH]c3ccc(O[Si](C(C)C)(C(C)C)C(C)C)cc23)C2CCc3nn(C)cc3C2C1C#N. The molecule has 0 radical (unpaired) electrons. The summed E-state index contributed by atoms with van der Waals surface area (Å²) in [6.45, 7) is 15.8. The summed E-state index contributed by atoms with van der Waals surface area (Å²) >= 11 is 0. The minimum atomic E-state index is -2.17. The third-order valence-corrected chi connectivity index (χ3v) is 15.4. The second kappa shape index (κ2) is 10.2. The van der Waals surface area contributed by atoms with E-state index in [1.807, 2.05) is 24.9 Å². The number of carbonyl (C=O) groups is 1. The standard InChI is InChI=1S/C31H42N4O3Si/c1-9-37-31(36)29-23(15-32)27-21(11-13-26-24(27)16-35(8)34-26)30-28(29)22-14-20(10-12-25(22)33-30)38-39(17(2)3,18(4)5)19(6)7/h10,12,14,16-19,21,23,27,29,33H,9,11,13H2,1-8H3. The third kappa shape index (κ3) is 4.21. The van der Waals surface area contributed by atoms with Gasteiger partial charge >= 0.3 is 5.97 Å². The zero-order chi connectivity index (χ0) is 28.2. The summed E-state index contributed by atoms with van der Waals surface area (Å²) in [4.78, 5) is 17.3. The number of hydrogen-bond acceptors (Lipinski definition) is 5. The quantitative estimate of drug-likeness (QED) is 0.253. The Bertz CT molecular complexity index is 1410. The molecule has 0 spiro atoms. The van der Waals surface area contributed by atoms with E-state index in [9.17, 15) is 10.1 Å². The van der Waals surface area contributed by atoms with Crippen LogP contribution in [0.25, 0.3) is 10.9 Å². The first-order valence-corrected chi connectivity index (χ1v) is 16.6. The summed E-state index contributed by atoms with van der Waals surface area (Å²) in [5.41, 5.74) is 6.41. The van der Waals surface area contributed by atoms with Crippen LogP contribution in [0.1, 0.15) is 95.2 Å².